The van der Waals surface area contributed by atoms with Crippen LogP contribution >= 0.6 is 0 Å². The molecule has 2 aliphatic heterocycles. The third-order valence-corrected chi connectivity index (χ3v) is 5.54. The van der Waals surface area contributed by atoms with E-state index in [4.69, 9.17) is 4.74 Å². The number of nitrogens with zero attached hydrogens (tertiary/aromatic N) is 1. The lowest BCUT2D eigenvalue weighted by Gasteiger charge is -2.33. The minimum atomic E-state index is -0.878. The highest BCUT2D eigenvalue weighted by Gasteiger charge is 2.47. The van der Waals surface area contributed by atoms with Gasteiger partial charge in [-0.2, -0.15) is 0 Å². The number of carboxylic acid groups (broad SMARTS) is 1. The number of carbonyl (C=O) groups excluding carboxylic acids is 1. The molecule has 4 rings (SSSR count). The first-order valence-corrected chi connectivity index (χ1v) is 8.46. The van der Waals surface area contributed by atoms with Crippen LogP contribution in [0.15, 0.2) is 18.2 Å². The van der Waals surface area contributed by atoms with Crippen LogP contribution in [0.2, 0.25) is 0 Å². The molecule has 0 unspecified atom stereocenters. The number of likely N-dealkylation sites (tertiary alicyclic amines) is 1. The van der Waals surface area contributed by atoms with Crippen LogP contribution in [0.3, 0.4) is 0 Å². The van der Waals surface area contributed by atoms with Crippen molar-refractivity contribution >= 4 is 11.9 Å². The fourth-order valence-electron chi connectivity index (χ4n) is 4.44. The molecule has 0 radical (unpaired) electrons. The molecule has 1 aromatic rings. The molecule has 1 saturated heterocycles. The van der Waals surface area contributed by atoms with Crippen LogP contribution < -0.4 is 4.74 Å². The molecule has 1 N–H and O–H groups in total. The van der Waals surface area contributed by atoms with Gasteiger partial charge in [-0.05, 0) is 48.9 Å². The van der Waals surface area contributed by atoms with Crippen LogP contribution in [0, 0.1) is 5.92 Å². The summed E-state index contributed by atoms with van der Waals surface area (Å²) in [5, 5.41) is 9.57. The number of ether oxygens (including phenoxy) is 1. The molecule has 2 fully saturated rings. The second kappa shape index (κ2) is 5.55. The third kappa shape index (κ3) is 2.38. The molecule has 1 amide bonds. The van der Waals surface area contributed by atoms with Gasteiger partial charge in [-0.1, -0.05) is 12.8 Å². The van der Waals surface area contributed by atoms with Gasteiger partial charge in [0.2, 0.25) is 0 Å². The van der Waals surface area contributed by atoms with Crippen molar-refractivity contribution in [3.63, 3.8) is 0 Å². The Morgan fingerprint density at radius 2 is 2.04 bits per heavy atom. The van der Waals surface area contributed by atoms with Gasteiger partial charge in [0.15, 0.2) is 0 Å². The van der Waals surface area contributed by atoms with E-state index in [1.54, 1.807) is 11.0 Å². The zero-order valence-corrected chi connectivity index (χ0v) is 13.0. The van der Waals surface area contributed by atoms with Crippen LogP contribution in [-0.4, -0.2) is 40.6 Å². The van der Waals surface area contributed by atoms with Gasteiger partial charge in [0.1, 0.15) is 11.8 Å². The number of hydrogen-bond donors (Lipinski definition) is 1. The van der Waals surface area contributed by atoms with Crippen LogP contribution in [0.25, 0.3) is 0 Å². The fraction of sp³-hybridized carbons (Fsp3) is 0.556. The first-order chi connectivity index (χ1) is 11.1. The number of carboxylic acids is 1. The highest BCUT2D eigenvalue weighted by atomic mass is 16.5. The summed E-state index contributed by atoms with van der Waals surface area (Å²) in [6.45, 7) is 0.652. The molecule has 0 aromatic heterocycles. The Balaban J connectivity index is 1.66. The highest BCUT2D eigenvalue weighted by molar-refractivity contribution is 5.97. The second-order valence-corrected chi connectivity index (χ2v) is 6.84. The quantitative estimate of drug-likeness (QED) is 0.910. The van der Waals surface area contributed by atoms with E-state index >= 15 is 0 Å². The molecule has 5 heteroatoms. The maximum Gasteiger partial charge on any atom is 0.326 e. The van der Waals surface area contributed by atoms with Crippen molar-refractivity contribution in [1.82, 2.24) is 4.90 Å². The summed E-state index contributed by atoms with van der Waals surface area (Å²) in [6.07, 6.45) is 5.59. The molecular weight excluding hydrogens is 294 g/mol. The summed E-state index contributed by atoms with van der Waals surface area (Å²) in [4.78, 5) is 26.4. The predicted octanol–water partition coefficient (Wildman–Crippen LogP) is 2.48. The maximum atomic E-state index is 13.0. The average molecular weight is 315 g/mol. The van der Waals surface area contributed by atoms with Crippen LogP contribution in [0.5, 0.6) is 5.75 Å². The highest BCUT2D eigenvalue weighted by Crippen LogP contribution is 2.40. The molecule has 5 nitrogen and oxygen atoms in total. The predicted molar refractivity (Wildman–Crippen MR) is 83.6 cm³/mol. The summed E-state index contributed by atoms with van der Waals surface area (Å²) >= 11 is 0. The fourth-order valence-corrected chi connectivity index (χ4v) is 4.44. The molecule has 122 valence electrons. The van der Waals surface area contributed by atoms with E-state index in [0.29, 0.717) is 24.5 Å². The monoisotopic (exact) mass is 315 g/mol. The van der Waals surface area contributed by atoms with Gasteiger partial charge in [-0.15, -0.1) is 0 Å². The molecule has 3 aliphatic rings. The van der Waals surface area contributed by atoms with E-state index in [1.807, 2.05) is 12.1 Å². The van der Waals surface area contributed by atoms with Crippen molar-refractivity contribution in [2.45, 2.75) is 50.6 Å². The molecule has 2 heterocycles. The number of hydrogen-bond acceptors (Lipinski definition) is 3. The molecule has 0 spiro atoms. The topological polar surface area (TPSA) is 66.8 Å². The van der Waals surface area contributed by atoms with E-state index < -0.39 is 12.0 Å². The maximum absolute atomic E-state index is 13.0. The van der Waals surface area contributed by atoms with Gasteiger partial charge in [-0.3, -0.25) is 4.79 Å². The zero-order valence-electron chi connectivity index (χ0n) is 13.0. The van der Waals surface area contributed by atoms with Gasteiger partial charge in [0.05, 0.1) is 6.61 Å². The lowest BCUT2D eigenvalue weighted by molar-refractivity contribution is -0.141. The molecule has 1 aromatic carbocycles. The summed E-state index contributed by atoms with van der Waals surface area (Å²) in [6, 6.07) is 4.88. The van der Waals surface area contributed by atoms with E-state index in [1.165, 1.54) is 0 Å². The number of fused-ring (bicyclic) bond motifs is 2. The number of rotatable bonds is 2. The van der Waals surface area contributed by atoms with Crippen molar-refractivity contribution in [2.24, 2.45) is 5.92 Å². The third-order valence-electron chi connectivity index (χ3n) is 5.54. The van der Waals surface area contributed by atoms with Crippen molar-refractivity contribution in [1.29, 1.82) is 0 Å². The summed E-state index contributed by atoms with van der Waals surface area (Å²) in [5.74, 6) is 0.165. The Labute approximate surface area is 135 Å². The minimum absolute atomic E-state index is 0.0851. The average Bonchev–Trinajstić information content (AvgIpc) is 3.17. The Kier molecular flexibility index (Phi) is 3.51. The molecule has 23 heavy (non-hydrogen) atoms. The zero-order chi connectivity index (χ0) is 16.0. The van der Waals surface area contributed by atoms with Gasteiger partial charge in [-0.25, -0.2) is 4.79 Å². The molecule has 3 atom stereocenters. The Hall–Kier alpha value is -2.04. The first-order valence-electron chi connectivity index (χ1n) is 8.46. The van der Waals surface area contributed by atoms with Crippen LogP contribution in [0.4, 0.5) is 0 Å². The van der Waals surface area contributed by atoms with Gasteiger partial charge in [0, 0.05) is 18.0 Å². The smallest absolute Gasteiger partial charge is 0.326 e. The molecule has 0 bridgehead atoms. The summed E-state index contributed by atoms with van der Waals surface area (Å²) in [7, 11) is 0. The normalized spacial score (nSPS) is 28.9. The van der Waals surface area contributed by atoms with E-state index in [0.717, 1.165) is 43.4 Å². The van der Waals surface area contributed by atoms with Crippen LogP contribution in [-0.2, 0) is 11.2 Å². The molecule has 1 saturated carbocycles. The lowest BCUT2D eigenvalue weighted by atomic mass is 9.84. The van der Waals surface area contributed by atoms with Crippen molar-refractivity contribution in [3.05, 3.63) is 29.3 Å². The molecule has 1 aliphatic carbocycles. The minimum Gasteiger partial charge on any atom is -0.493 e. The number of amides is 1. The van der Waals surface area contributed by atoms with E-state index in [2.05, 4.69) is 0 Å². The second-order valence-electron chi connectivity index (χ2n) is 6.84. The number of carbonyl (C=O) groups is 2. The van der Waals surface area contributed by atoms with Crippen molar-refractivity contribution < 1.29 is 19.4 Å². The van der Waals surface area contributed by atoms with Gasteiger partial charge < -0.3 is 14.7 Å². The first kappa shape index (κ1) is 14.5. The lowest BCUT2D eigenvalue weighted by Crippen LogP contribution is -2.46. The largest absolute Gasteiger partial charge is 0.493 e. The number of aliphatic carboxylic acids is 1. The van der Waals surface area contributed by atoms with Gasteiger partial charge >= 0.3 is 5.97 Å². The standard InChI is InChI=1S/C18H21NO4/c20-17(13-5-6-16-12(9-13)7-8-23-16)19-14-4-2-1-3-11(14)10-15(19)18(21)22/h5-6,9,11,14-15H,1-4,7-8,10H2,(H,21,22)/t11-,14-,15+/m1/s1. The Bertz CT molecular complexity index is 656. The Morgan fingerprint density at radius 1 is 1.22 bits per heavy atom. The number of benzene rings is 1. The summed E-state index contributed by atoms with van der Waals surface area (Å²) < 4.78 is 5.48. The Morgan fingerprint density at radius 3 is 2.87 bits per heavy atom. The van der Waals surface area contributed by atoms with E-state index in [-0.39, 0.29) is 11.9 Å². The van der Waals surface area contributed by atoms with Crippen LogP contribution in [0.1, 0.15) is 48.0 Å². The van der Waals surface area contributed by atoms with E-state index in [9.17, 15) is 14.7 Å². The summed E-state index contributed by atoms with van der Waals surface area (Å²) in [5.41, 5.74) is 1.63. The van der Waals surface area contributed by atoms with Gasteiger partial charge in [0.25, 0.3) is 5.91 Å². The SMILES string of the molecule is O=C(O)[C@@H]1C[C@H]2CCCC[C@H]2N1C(=O)c1ccc2c(c1)CCO2. The van der Waals surface area contributed by atoms with Crippen molar-refractivity contribution in [2.75, 3.05) is 6.61 Å². The molecular formula is C18H21NO4. The van der Waals surface area contributed by atoms with Crippen molar-refractivity contribution in [3.8, 4) is 5.75 Å².